The molecule has 1 nitrogen and oxygen atoms in total. The van der Waals surface area contributed by atoms with Crippen LogP contribution in [0, 0.1) is 0 Å². The molecule has 2 heteroatoms. The van der Waals surface area contributed by atoms with Crippen LogP contribution in [0.15, 0.2) is 30.4 Å². The van der Waals surface area contributed by atoms with Crippen molar-refractivity contribution in [2.75, 3.05) is 0 Å². The highest BCUT2D eigenvalue weighted by molar-refractivity contribution is 5.85. The van der Waals surface area contributed by atoms with Gasteiger partial charge in [-0.05, 0) is 13.6 Å². The molecule has 0 bridgehead atoms. The molecule has 10 heavy (non-hydrogen) atoms. The Hall–Kier alpha value is -0.560. The first kappa shape index (κ1) is 22.7. The van der Waals surface area contributed by atoms with E-state index in [0.717, 1.165) is 0 Å². The van der Waals surface area contributed by atoms with E-state index in [9.17, 15) is 0 Å². The Labute approximate surface area is 71.0 Å². The molecule has 0 saturated carbocycles. The summed E-state index contributed by atoms with van der Waals surface area (Å²) in [6.45, 7) is 15.6. The Kier molecular flexibility index (Phi) is 178. The fourth-order valence-electron chi connectivity index (χ4n) is 0. The van der Waals surface area contributed by atoms with Gasteiger partial charge in [-0.3, -0.25) is 4.99 Å². The lowest BCUT2D eigenvalue weighted by Gasteiger charge is -1.48. The van der Waals surface area contributed by atoms with Gasteiger partial charge in [0.2, 0.25) is 0 Å². The molecule has 0 aliphatic heterocycles. The summed E-state index contributed by atoms with van der Waals surface area (Å²) in [4.78, 5) is 3.25. The third-order valence-electron chi connectivity index (χ3n) is 0.129. The minimum atomic E-state index is 0. The van der Waals surface area contributed by atoms with E-state index >= 15 is 0 Å². The summed E-state index contributed by atoms with van der Waals surface area (Å²) in [6.07, 6.45) is 3.14. The van der Waals surface area contributed by atoms with Crippen LogP contribution in [0.5, 0.6) is 0 Å². The average molecular weight is 164 g/mol. The third-order valence-corrected chi connectivity index (χ3v) is 0.129. The summed E-state index contributed by atoms with van der Waals surface area (Å²) in [6, 6.07) is 0. The van der Waals surface area contributed by atoms with Crippen LogP contribution < -0.4 is 0 Å². The first-order valence-corrected chi connectivity index (χ1v) is 2.97. The van der Waals surface area contributed by atoms with Crippen LogP contribution in [0.3, 0.4) is 0 Å². The minimum absolute atomic E-state index is 0. The molecule has 0 aliphatic carbocycles. The zero-order valence-corrected chi connectivity index (χ0v) is 7.95. The molecule has 0 amide bonds. The molecule has 0 spiro atoms. The Balaban J connectivity index is -0.0000000273. The summed E-state index contributed by atoms with van der Waals surface area (Å²) >= 11 is 0. The number of aliphatic imine (C=N–C) groups is 1. The second kappa shape index (κ2) is 78.5. The maximum atomic E-state index is 3.36. The topological polar surface area (TPSA) is 12.4 Å². The maximum Gasteiger partial charge on any atom is 0.0188 e. The first-order valence-electron chi connectivity index (χ1n) is 2.97. The van der Waals surface area contributed by atoms with Gasteiger partial charge in [-0.2, -0.15) is 0 Å². The summed E-state index contributed by atoms with van der Waals surface area (Å²) in [5, 5.41) is 0. The molecule has 0 atom stereocenters. The quantitative estimate of drug-likeness (QED) is 0.415. The van der Waals surface area contributed by atoms with E-state index in [0.29, 0.717) is 0 Å². The molecule has 0 aromatic rings. The highest BCUT2D eigenvalue weighted by atomic mass is 35.5. The SMILES string of the molecule is C=CC.C=CN=C.CC.Cl. The minimum Gasteiger partial charge on any atom is -0.273 e. The first-order chi connectivity index (χ1) is 4.33. The Morgan fingerprint density at radius 2 is 1.30 bits per heavy atom. The number of allylic oxidation sites excluding steroid dienone is 1. The van der Waals surface area contributed by atoms with Crippen molar-refractivity contribution in [3.05, 3.63) is 25.4 Å². The molecular weight excluding hydrogens is 146 g/mol. The lowest BCUT2D eigenvalue weighted by Crippen LogP contribution is -1.26. The lowest BCUT2D eigenvalue weighted by atomic mass is 10.8. The Bertz CT molecular complexity index is 54.3. The van der Waals surface area contributed by atoms with Gasteiger partial charge in [0, 0.05) is 6.20 Å². The summed E-state index contributed by atoms with van der Waals surface area (Å²) in [5.74, 6) is 0. The molecule has 0 aromatic heterocycles. The monoisotopic (exact) mass is 163 g/mol. The van der Waals surface area contributed by atoms with E-state index in [1.165, 1.54) is 6.20 Å². The van der Waals surface area contributed by atoms with Crippen molar-refractivity contribution < 1.29 is 0 Å². The maximum absolute atomic E-state index is 3.36. The highest BCUT2D eigenvalue weighted by Gasteiger charge is 1.27. The van der Waals surface area contributed by atoms with Crippen LogP contribution in [0.4, 0.5) is 0 Å². The normalized spacial score (nSPS) is 3.90. The molecular formula is C8H18ClN. The van der Waals surface area contributed by atoms with Crippen LogP contribution in [-0.2, 0) is 0 Å². The molecule has 0 unspecified atom stereocenters. The summed E-state index contributed by atoms with van der Waals surface area (Å²) in [5.41, 5.74) is 0. The van der Waals surface area contributed by atoms with Crippen molar-refractivity contribution in [2.24, 2.45) is 4.99 Å². The van der Waals surface area contributed by atoms with E-state index < -0.39 is 0 Å². The van der Waals surface area contributed by atoms with Crippen molar-refractivity contribution in [1.82, 2.24) is 0 Å². The fourth-order valence-corrected chi connectivity index (χ4v) is 0. The molecule has 0 radical (unpaired) electrons. The van der Waals surface area contributed by atoms with Crippen LogP contribution in [0.25, 0.3) is 0 Å². The van der Waals surface area contributed by atoms with Crippen molar-refractivity contribution in [2.45, 2.75) is 20.8 Å². The van der Waals surface area contributed by atoms with Gasteiger partial charge in [-0.1, -0.05) is 26.5 Å². The lowest BCUT2D eigenvalue weighted by molar-refractivity contribution is 1.50. The zero-order chi connectivity index (χ0) is 8.12. The number of halogens is 1. The molecule has 0 fully saturated rings. The molecule has 62 valence electrons. The molecule has 0 aliphatic rings. The van der Waals surface area contributed by atoms with E-state index in [2.05, 4.69) is 24.9 Å². The smallest absolute Gasteiger partial charge is 0.0188 e. The largest absolute Gasteiger partial charge is 0.273 e. The van der Waals surface area contributed by atoms with Gasteiger partial charge >= 0.3 is 0 Å². The third kappa shape index (κ3) is 1590. The fraction of sp³-hybridized carbons (Fsp3) is 0.375. The van der Waals surface area contributed by atoms with Gasteiger partial charge in [0.1, 0.15) is 0 Å². The van der Waals surface area contributed by atoms with Crippen LogP contribution in [-0.4, -0.2) is 6.72 Å². The van der Waals surface area contributed by atoms with Crippen molar-refractivity contribution in [1.29, 1.82) is 0 Å². The summed E-state index contributed by atoms with van der Waals surface area (Å²) < 4.78 is 0. The van der Waals surface area contributed by atoms with Gasteiger partial charge in [0.25, 0.3) is 0 Å². The number of rotatable bonds is 1. The molecule has 0 N–H and O–H groups in total. The zero-order valence-electron chi connectivity index (χ0n) is 7.13. The van der Waals surface area contributed by atoms with Gasteiger partial charge in [-0.15, -0.1) is 19.0 Å². The number of hydrogen-bond acceptors (Lipinski definition) is 1. The van der Waals surface area contributed by atoms with Gasteiger partial charge in [0.05, 0.1) is 0 Å². The van der Waals surface area contributed by atoms with E-state index in [-0.39, 0.29) is 12.4 Å². The standard InChI is InChI=1S/C3H5N.C3H6.C2H6.ClH/c1-3-4-2;1-3-2;1-2;/h3H,1-2H2;3H,1H2,2H3;1-2H3;1H. The van der Waals surface area contributed by atoms with E-state index in [1.807, 2.05) is 20.8 Å². The van der Waals surface area contributed by atoms with Gasteiger partial charge < -0.3 is 0 Å². The summed E-state index contributed by atoms with van der Waals surface area (Å²) in [7, 11) is 0. The Morgan fingerprint density at radius 3 is 1.30 bits per heavy atom. The van der Waals surface area contributed by atoms with Crippen LogP contribution in [0.1, 0.15) is 20.8 Å². The average Bonchev–Trinajstić information content (AvgIpc) is 1.94. The second-order valence-electron chi connectivity index (χ2n) is 0.773. The number of hydrogen-bond donors (Lipinski definition) is 0. The molecule has 0 heterocycles. The van der Waals surface area contributed by atoms with Gasteiger partial charge in [-0.25, -0.2) is 0 Å². The van der Waals surface area contributed by atoms with Crippen LogP contribution in [0.2, 0.25) is 0 Å². The number of nitrogens with zero attached hydrogens (tertiary/aromatic N) is 1. The molecule has 0 saturated heterocycles. The predicted molar refractivity (Wildman–Crippen MR) is 54.2 cm³/mol. The van der Waals surface area contributed by atoms with Gasteiger partial charge in [0.15, 0.2) is 0 Å². The van der Waals surface area contributed by atoms with E-state index in [4.69, 9.17) is 0 Å². The van der Waals surface area contributed by atoms with Crippen LogP contribution >= 0.6 is 12.4 Å². The second-order valence-corrected chi connectivity index (χ2v) is 0.773. The highest BCUT2D eigenvalue weighted by Crippen LogP contribution is 1.50. The van der Waals surface area contributed by atoms with E-state index in [1.54, 1.807) is 6.08 Å². The van der Waals surface area contributed by atoms with Crippen molar-refractivity contribution >= 4 is 19.1 Å². The van der Waals surface area contributed by atoms with Crippen molar-refractivity contribution in [3.63, 3.8) is 0 Å². The van der Waals surface area contributed by atoms with Crippen molar-refractivity contribution in [3.8, 4) is 0 Å². The molecule has 0 rings (SSSR count). The predicted octanol–water partition coefficient (Wildman–Crippen LogP) is 3.47. The molecule has 0 aromatic carbocycles. The Morgan fingerprint density at radius 1 is 1.20 bits per heavy atom.